The van der Waals surface area contributed by atoms with Crippen molar-refractivity contribution in [1.29, 1.82) is 0 Å². The zero-order valence-corrected chi connectivity index (χ0v) is 11.4. The van der Waals surface area contributed by atoms with E-state index in [9.17, 15) is 5.02 Å². The van der Waals surface area contributed by atoms with Gasteiger partial charge in [0.1, 0.15) is 5.75 Å². The number of nitrogens with two attached hydrogens (primary N) is 1. The lowest BCUT2D eigenvalue weighted by Gasteiger charge is -2.13. The third-order valence-electron chi connectivity index (χ3n) is 2.83. The van der Waals surface area contributed by atoms with E-state index in [0.717, 1.165) is 10.0 Å². The second-order valence-corrected chi connectivity index (χ2v) is 4.87. The van der Waals surface area contributed by atoms with Crippen LogP contribution in [-0.2, 0) is 4.65 Å². The van der Waals surface area contributed by atoms with E-state index in [1.165, 1.54) is 0 Å². The Kier molecular flexibility index (Phi) is 4.63. The molecule has 0 spiro atoms. The van der Waals surface area contributed by atoms with Gasteiger partial charge in [-0.2, -0.15) is 0 Å². The molecule has 7 heteroatoms. The first kappa shape index (κ1) is 13.8. The molecule has 0 amide bonds. The van der Waals surface area contributed by atoms with Gasteiger partial charge in [-0.15, -0.1) is 0 Å². The van der Waals surface area contributed by atoms with Gasteiger partial charge in [0.15, 0.2) is 0 Å². The van der Waals surface area contributed by atoms with Crippen LogP contribution in [0.1, 0.15) is 18.1 Å². The molecule has 0 bridgehead atoms. The van der Waals surface area contributed by atoms with Crippen molar-refractivity contribution in [3.05, 3.63) is 22.2 Å². The summed E-state index contributed by atoms with van der Waals surface area (Å²) in [7, 11) is -1.02. The van der Waals surface area contributed by atoms with Crippen LogP contribution < -0.4 is 15.9 Å². The molecule has 1 atom stereocenters. The Balaban J connectivity index is 2.31. The fraction of sp³-hybridized carbons (Fsp3) is 0.455. The number of aliphatic hydroxyl groups is 1. The maximum absolute atomic E-state index is 9.92. The Morgan fingerprint density at radius 2 is 2.28 bits per heavy atom. The molecule has 0 unspecified atom stereocenters. The SMILES string of the molecule is NC[C@H]1OB(O)c2c(OCCCO)ccc(Br)c21. The molecule has 0 aliphatic carbocycles. The minimum atomic E-state index is -1.02. The first-order valence-electron chi connectivity index (χ1n) is 5.78. The summed E-state index contributed by atoms with van der Waals surface area (Å²) in [6.07, 6.45) is 0.216. The molecule has 18 heavy (non-hydrogen) atoms. The van der Waals surface area contributed by atoms with Crippen LogP contribution in [0.3, 0.4) is 0 Å². The van der Waals surface area contributed by atoms with Crippen LogP contribution in [0.25, 0.3) is 0 Å². The quantitative estimate of drug-likeness (QED) is 0.523. The smallest absolute Gasteiger partial charge is 0.494 e. The maximum Gasteiger partial charge on any atom is 0.495 e. The topological polar surface area (TPSA) is 84.9 Å². The number of fused-ring (bicyclic) bond motifs is 1. The normalized spacial score (nSPS) is 18.0. The van der Waals surface area contributed by atoms with Crippen LogP contribution in [-0.4, -0.2) is 37.0 Å². The molecular weight excluding hydrogens is 301 g/mol. The second-order valence-electron chi connectivity index (χ2n) is 4.01. The Morgan fingerprint density at radius 3 is 2.94 bits per heavy atom. The molecule has 98 valence electrons. The standard InChI is InChI=1S/C11H15BBrNO4/c13-7-2-3-8(17-5-1-4-15)11-10(7)9(6-14)18-12(11)16/h2-3,9,15-16H,1,4-6,14H2/t9-/m1/s1. The summed E-state index contributed by atoms with van der Waals surface area (Å²) in [6, 6.07) is 3.61. The van der Waals surface area contributed by atoms with E-state index in [-0.39, 0.29) is 12.7 Å². The van der Waals surface area contributed by atoms with Crippen molar-refractivity contribution < 1.29 is 19.5 Å². The molecule has 0 aromatic heterocycles. The van der Waals surface area contributed by atoms with Crippen LogP contribution in [0, 0.1) is 0 Å². The summed E-state index contributed by atoms with van der Waals surface area (Å²) < 4.78 is 11.8. The maximum atomic E-state index is 9.92. The number of hydrogen-bond donors (Lipinski definition) is 3. The lowest BCUT2D eigenvalue weighted by molar-refractivity contribution is 0.197. The van der Waals surface area contributed by atoms with E-state index < -0.39 is 7.12 Å². The molecule has 1 aromatic carbocycles. The summed E-state index contributed by atoms with van der Waals surface area (Å²) in [4.78, 5) is 0. The Morgan fingerprint density at radius 1 is 1.50 bits per heavy atom. The minimum absolute atomic E-state index is 0.0726. The number of hydrogen-bond acceptors (Lipinski definition) is 5. The number of ether oxygens (including phenoxy) is 1. The first-order chi connectivity index (χ1) is 8.69. The molecule has 4 N–H and O–H groups in total. The van der Waals surface area contributed by atoms with Crippen molar-refractivity contribution in [3.63, 3.8) is 0 Å². The van der Waals surface area contributed by atoms with Gasteiger partial charge in [0.2, 0.25) is 0 Å². The molecule has 1 aliphatic rings. The van der Waals surface area contributed by atoms with E-state index in [2.05, 4.69) is 15.9 Å². The molecule has 5 nitrogen and oxygen atoms in total. The van der Waals surface area contributed by atoms with E-state index >= 15 is 0 Å². The number of rotatable bonds is 5. The Hall–Kier alpha value is -0.595. The molecular formula is C11H15BBrNO4. The zero-order chi connectivity index (χ0) is 13.1. The van der Waals surface area contributed by atoms with Crippen LogP contribution in [0.4, 0.5) is 0 Å². The fourth-order valence-corrected chi connectivity index (χ4v) is 2.61. The molecule has 0 radical (unpaired) electrons. The van der Waals surface area contributed by atoms with Gasteiger partial charge in [0.25, 0.3) is 0 Å². The molecule has 1 aliphatic heterocycles. The fourth-order valence-electron chi connectivity index (χ4n) is 2.01. The highest BCUT2D eigenvalue weighted by molar-refractivity contribution is 9.10. The summed E-state index contributed by atoms with van der Waals surface area (Å²) in [5.74, 6) is 0.574. The lowest BCUT2D eigenvalue weighted by atomic mass is 9.78. The lowest BCUT2D eigenvalue weighted by Crippen LogP contribution is -2.30. The average molecular weight is 316 g/mol. The van der Waals surface area contributed by atoms with Crippen LogP contribution in [0.2, 0.25) is 0 Å². The highest BCUT2D eigenvalue weighted by atomic mass is 79.9. The predicted octanol–water partition coefficient (Wildman–Crippen LogP) is -0.0722. The Labute approximate surface area is 114 Å². The van der Waals surface area contributed by atoms with Gasteiger partial charge >= 0.3 is 7.12 Å². The van der Waals surface area contributed by atoms with E-state index in [1.54, 1.807) is 6.07 Å². The third kappa shape index (κ3) is 2.55. The first-order valence-corrected chi connectivity index (χ1v) is 6.58. The monoisotopic (exact) mass is 315 g/mol. The van der Waals surface area contributed by atoms with E-state index in [0.29, 0.717) is 30.8 Å². The van der Waals surface area contributed by atoms with Crippen molar-refractivity contribution in [1.82, 2.24) is 0 Å². The summed E-state index contributed by atoms with van der Waals surface area (Å²) in [6.45, 7) is 0.760. The van der Waals surface area contributed by atoms with Gasteiger partial charge in [0.05, 0.1) is 12.7 Å². The number of aliphatic hydroxyl groups excluding tert-OH is 1. The van der Waals surface area contributed by atoms with Crippen molar-refractivity contribution in [2.75, 3.05) is 19.8 Å². The van der Waals surface area contributed by atoms with Gasteiger partial charge in [-0.05, 0) is 17.7 Å². The molecule has 0 saturated heterocycles. The van der Waals surface area contributed by atoms with Crippen molar-refractivity contribution in [2.45, 2.75) is 12.5 Å². The van der Waals surface area contributed by atoms with Crippen LogP contribution >= 0.6 is 15.9 Å². The van der Waals surface area contributed by atoms with Crippen LogP contribution in [0.15, 0.2) is 16.6 Å². The van der Waals surface area contributed by atoms with E-state index in [4.69, 9.17) is 20.2 Å². The molecule has 2 rings (SSSR count). The summed E-state index contributed by atoms with van der Waals surface area (Å²) >= 11 is 3.43. The number of halogens is 1. The minimum Gasteiger partial charge on any atom is -0.494 e. The number of benzene rings is 1. The van der Waals surface area contributed by atoms with Crippen LogP contribution in [0.5, 0.6) is 5.75 Å². The van der Waals surface area contributed by atoms with Crippen molar-refractivity contribution in [2.24, 2.45) is 5.73 Å². The molecule has 0 fully saturated rings. The summed E-state index contributed by atoms with van der Waals surface area (Å²) in [5, 5.41) is 18.7. The van der Waals surface area contributed by atoms with Crippen molar-refractivity contribution in [3.8, 4) is 5.75 Å². The molecule has 1 aromatic rings. The highest BCUT2D eigenvalue weighted by Crippen LogP contribution is 2.33. The largest absolute Gasteiger partial charge is 0.495 e. The highest BCUT2D eigenvalue weighted by Gasteiger charge is 2.38. The van der Waals surface area contributed by atoms with Gasteiger partial charge < -0.3 is 25.3 Å². The summed E-state index contributed by atoms with van der Waals surface area (Å²) in [5.41, 5.74) is 7.08. The van der Waals surface area contributed by atoms with Gasteiger partial charge in [-0.1, -0.05) is 15.9 Å². The average Bonchev–Trinajstić information content (AvgIpc) is 2.71. The third-order valence-corrected chi connectivity index (χ3v) is 3.52. The molecule has 1 heterocycles. The Bertz CT molecular complexity index is 432. The van der Waals surface area contributed by atoms with Gasteiger partial charge in [-0.25, -0.2) is 0 Å². The van der Waals surface area contributed by atoms with E-state index in [1.807, 2.05) is 6.07 Å². The van der Waals surface area contributed by atoms with Crippen molar-refractivity contribution >= 4 is 28.5 Å². The zero-order valence-electron chi connectivity index (χ0n) is 9.80. The van der Waals surface area contributed by atoms with Gasteiger partial charge in [-0.3, -0.25) is 0 Å². The predicted molar refractivity (Wildman–Crippen MR) is 71.8 cm³/mol. The second kappa shape index (κ2) is 6.03. The molecule has 0 saturated carbocycles. The van der Waals surface area contributed by atoms with Gasteiger partial charge in [0, 0.05) is 29.5 Å².